The topological polar surface area (TPSA) is 42.9 Å². The first-order valence-corrected chi connectivity index (χ1v) is 4.27. The van der Waals surface area contributed by atoms with Gasteiger partial charge in [-0.1, -0.05) is 20.8 Å². The standard InChI is InChI=1S/C10H14N2O/c1-10(2,3)4-9-11-5-8(7-13)6-12-9/h5-7H,4H2,1-3H3. The first kappa shape index (κ1) is 9.84. The number of carbonyl (C=O) groups excluding carboxylic acids is 1. The number of carbonyl (C=O) groups is 1. The van der Waals surface area contributed by atoms with Crippen molar-refractivity contribution in [2.45, 2.75) is 27.2 Å². The average molecular weight is 178 g/mol. The lowest BCUT2D eigenvalue weighted by molar-refractivity contribution is 0.112. The molecule has 1 rings (SSSR count). The second kappa shape index (κ2) is 3.64. The van der Waals surface area contributed by atoms with Gasteiger partial charge in [-0.2, -0.15) is 0 Å². The summed E-state index contributed by atoms with van der Waals surface area (Å²) in [6, 6.07) is 0. The van der Waals surface area contributed by atoms with E-state index in [1.807, 2.05) is 0 Å². The number of nitrogens with zero attached hydrogens (tertiary/aromatic N) is 2. The minimum absolute atomic E-state index is 0.183. The van der Waals surface area contributed by atoms with Gasteiger partial charge >= 0.3 is 0 Å². The van der Waals surface area contributed by atoms with Crippen molar-refractivity contribution in [3.63, 3.8) is 0 Å². The SMILES string of the molecule is CC(C)(C)Cc1ncc(C=O)cn1. The van der Waals surface area contributed by atoms with Crippen LogP contribution in [0.1, 0.15) is 37.0 Å². The molecule has 0 aromatic carbocycles. The molecule has 0 spiro atoms. The summed E-state index contributed by atoms with van der Waals surface area (Å²) in [7, 11) is 0. The van der Waals surface area contributed by atoms with Crippen LogP contribution in [0, 0.1) is 5.41 Å². The first-order valence-electron chi connectivity index (χ1n) is 4.27. The van der Waals surface area contributed by atoms with Crippen LogP contribution in [-0.2, 0) is 6.42 Å². The number of aldehydes is 1. The third-order valence-corrected chi connectivity index (χ3v) is 1.55. The van der Waals surface area contributed by atoms with E-state index in [1.165, 1.54) is 0 Å². The molecule has 0 bridgehead atoms. The van der Waals surface area contributed by atoms with Crippen molar-refractivity contribution in [3.05, 3.63) is 23.8 Å². The summed E-state index contributed by atoms with van der Waals surface area (Å²) in [5.74, 6) is 0.790. The van der Waals surface area contributed by atoms with E-state index in [0.29, 0.717) is 5.56 Å². The molecule has 70 valence electrons. The number of rotatable bonds is 2. The van der Waals surface area contributed by atoms with Crippen LogP contribution in [0.15, 0.2) is 12.4 Å². The fourth-order valence-corrected chi connectivity index (χ4v) is 0.991. The summed E-state index contributed by atoms with van der Waals surface area (Å²) in [6.07, 6.45) is 4.69. The van der Waals surface area contributed by atoms with Crippen LogP contribution in [0.4, 0.5) is 0 Å². The van der Waals surface area contributed by atoms with Crippen LogP contribution in [0.5, 0.6) is 0 Å². The van der Waals surface area contributed by atoms with E-state index in [2.05, 4.69) is 30.7 Å². The van der Waals surface area contributed by atoms with Gasteiger partial charge in [0.2, 0.25) is 0 Å². The lowest BCUT2D eigenvalue weighted by atomic mass is 9.92. The molecule has 0 amide bonds. The van der Waals surface area contributed by atoms with Crippen molar-refractivity contribution in [2.75, 3.05) is 0 Å². The van der Waals surface area contributed by atoms with Crippen molar-refractivity contribution in [1.29, 1.82) is 0 Å². The first-order chi connectivity index (χ1) is 6.01. The van der Waals surface area contributed by atoms with Gasteiger partial charge in [-0.05, 0) is 5.41 Å². The van der Waals surface area contributed by atoms with Crippen molar-refractivity contribution < 1.29 is 4.79 Å². The third kappa shape index (κ3) is 3.32. The minimum atomic E-state index is 0.183. The molecule has 0 aliphatic rings. The Morgan fingerprint density at radius 1 is 1.31 bits per heavy atom. The molecule has 3 heteroatoms. The molecule has 0 aliphatic heterocycles. The minimum Gasteiger partial charge on any atom is -0.298 e. The zero-order chi connectivity index (χ0) is 9.90. The Hall–Kier alpha value is -1.25. The molecule has 0 N–H and O–H groups in total. The van der Waals surface area contributed by atoms with E-state index in [0.717, 1.165) is 18.5 Å². The maximum absolute atomic E-state index is 10.3. The molecule has 0 atom stereocenters. The summed E-state index contributed by atoms with van der Waals surface area (Å²) in [4.78, 5) is 18.5. The second-order valence-electron chi connectivity index (χ2n) is 4.29. The molecule has 0 saturated carbocycles. The third-order valence-electron chi connectivity index (χ3n) is 1.55. The fourth-order valence-electron chi connectivity index (χ4n) is 0.991. The molecule has 1 aromatic heterocycles. The van der Waals surface area contributed by atoms with Gasteiger partial charge in [0.25, 0.3) is 0 Å². The molecule has 13 heavy (non-hydrogen) atoms. The van der Waals surface area contributed by atoms with Gasteiger partial charge in [0.05, 0.1) is 5.56 Å². The highest BCUT2D eigenvalue weighted by atomic mass is 16.1. The smallest absolute Gasteiger partial charge is 0.153 e. The molecule has 0 aliphatic carbocycles. The van der Waals surface area contributed by atoms with Crippen LogP contribution in [0.2, 0.25) is 0 Å². The second-order valence-corrected chi connectivity index (χ2v) is 4.29. The number of hydrogen-bond donors (Lipinski definition) is 0. The molecule has 0 unspecified atom stereocenters. The summed E-state index contributed by atoms with van der Waals surface area (Å²) in [5.41, 5.74) is 0.709. The molecule has 3 nitrogen and oxygen atoms in total. The largest absolute Gasteiger partial charge is 0.298 e. The van der Waals surface area contributed by atoms with Crippen LogP contribution < -0.4 is 0 Å². The van der Waals surface area contributed by atoms with Crippen LogP contribution >= 0.6 is 0 Å². The zero-order valence-corrected chi connectivity index (χ0v) is 8.24. The Morgan fingerprint density at radius 3 is 2.23 bits per heavy atom. The van der Waals surface area contributed by atoms with Crippen molar-refractivity contribution in [2.24, 2.45) is 5.41 Å². The molecule has 0 fully saturated rings. The van der Waals surface area contributed by atoms with E-state index in [9.17, 15) is 4.79 Å². The quantitative estimate of drug-likeness (QED) is 0.649. The van der Waals surface area contributed by atoms with Crippen molar-refractivity contribution in [1.82, 2.24) is 9.97 Å². The Kier molecular flexibility index (Phi) is 2.76. The molecule has 1 heterocycles. The van der Waals surface area contributed by atoms with E-state index >= 15 is 0 Å². The van der Waals surface area contributed by atoms with Gasteiger partial charge in [0.15, 0.2) is 6.29 Å². The molecule has 0 radical (unpaired) electrons. The van der Waals surface area contributed by atoms with Gasteiger partial charge in [0.1, 0.15) is 5.82 Å². The summed E-state index contributed by atoms with van der Waals surface area (Å²) < 4.78 is 0. The van der Waals surface area contributed by atoms with Crippen LogP contribution in [0.3, 0.4) is 0 Å². The fraction of sp³-hybridized carbons (Fsp3) is 0.500. The van der Waals surface area contributed by atoms with Crippen LogP contribution in [0.25, 0.3) is 0 Å². The Morgan fingerprint density at radius 2 is 1.85 bits per heavy atom. The molecule has 1 aromatic rings. The van der Waals surface area contributed by atoms with E-state index < -0.39 is 0 Å². The van der Waals surface area contributed by atoms with Crippen molar-refractivity contribution in [3.8, 4) is 0 Å². The monoisotopic (exact) mass is 178 g/mol. The molecule has 0 saturated heterocycles. The highest BCUT2D eigenvalue weighted by Gasteiger charge is 2.12. The van der Waals surface area contributed by atoms with Gasteiger partial charge in [0, 0.05) is 18.8 Å². The Bertz CT molecular complexity index is 285. The van der Waals surface area contributed by atoms with Gasteiger partial charge < -0.3 is 0 Å². The average Bonchev–Trinajstić information content (AvgIpc) is 2.03. The highest BCUT2D eigenvalue weighted by Crippen LogP contribution is 2.17. The lowest BCUT2D eigenvalue weighted by Gasteiger charge is -2.16. The normalized spacial score (nSPS) is 11.3. The molecular weight excluding hydrogens is 164 g/mol. The van der Waals surface area contributed by atoms with Gasteiger partial charge in [-0.25, -0.2) is 9.97 Å². The molecular formula is C10H14N2O. The predicted octanol–water partition coefficient (Wildman–Crippen LogP) is 1.88. The number of hydrogen-bond acceptors (Lipinski definition) is 3. The maximum atomic E-state index is 10.3. The summed E-state index contributed by atoms with van der Waals surface area (Å²) in [5, 5.41) is 0. The van der Waals surface area contributed by atoms with E-state index in [-0.39, 0.29) is 5.41 Å². The lowest BCUT2D eigenvalue weighted by Crippen LogP contribution is -2.11. The van der Waals surface area contributed by atoms with Gasteiger partial charge in [-0.3, -0.25) is 4.79 Å². The van der Waals surface area contributed by atoms with Gasteiger partial charge in [-0.15, -0.1) is 0 Å². The Labute approximate surface area is 78.2 Å². The summed E-state index contributed by atoms with van der Waals surface area (Å²) in [6.45, 7) is 6.39. The predicted molar refractivity (Wildman–Crippen MR) is 50.6 cm³/mol. The highest BCUT2D eigenvalue weighted by molar-refractivity contribution is 5.73. The number of aromatic nitrogens is 2. The maximum Gasteiger partial charge on any atom is 0.153 e. The van der Waals surface area contributed by atoms with Crippen LogP contribution in [-0.4, -0.2) is 16.3 Å². The van der Waals surface area contributed by atoms with E-state index in [4.69, 9.17) is 0 Å². The van der Waals surface area contributed by atoms with Crippen molar-refractivity contribution >= 4 is 6.29 Å². The Balaban J connectivity index is 2.75. The summed E-state index contributed by atoms with van der Waals surface area (Å²) >= 11 is 0. The zero-order valence-electron chi connectivity index (χ0n) is 8.24. The van der Waals surface area contributed by atoms with E-state index in [1.54, 1.807) is 12.4 Å².